The molecule has 6 rings (SSSR count). The van der Waals surface area contributed by atoms with Crippen molar-refractivity contribution in [3.63, 3.8) is 0 Å². The molecule has 2 heterocycles. The van der Waals surface area contributed by atoms with E-state index in [1.165, 1.54) is 40.1 Å². The van der Waals surface area contributed by atoms with E-state index in [1.807, 2.05) is 108 Å². The molecule has 0 radical (unpaired) electrons. The molecule has 4 aromatic rings. The number of ketones is 2. The van der Waals surface area contributed by atoms with Crippen molar-refractivity contribution >= 4 is 64.9 Å². The average Bonchev–Trinajstić information content (AvgIpc) is 3.15. The third-order valence-corrected chi connectivity index (χ3v) is 13.1. The number of carbonyl (C=O) groups is 3. The van der Waals surface area contributed by atoms with Crippen LogP contribution in [0.2, 0.25) is 0 Å². The van der Waals surface area contributed by atoms with Gasteiger partial charge in [0.15, 0.2) is 11.6 Å². The van der Waals surface area contributed by atoms with Crippen LogP contribution in [0.5, 0.6) is 0 Å². The molecule has 0 saturated carbocycles. The Bertz CT molecular complexity index is 1410. The van der Waals surface area contributed by atoms with Crippen LogP contribution in [0.4, 0.5) is 0 Å². The summed E-state index contributed by atoms with van der Waals surface area (Å²) in [5.74, 6) is 6.56. The minimum atomic E-state index is -0.362. The Morgan fingerprint density at radius 1 is 0.609 bits per heavy atom. The SMILES string of the molecule is C1CSCSC1.O=C(CC(c1ccccc1)C1CSCCS1)c1ccccc1.O=CC(CC(=O)c1ccccc1)c1ccccc1. The molecule has 3 unspecified atom stereocenters. The molecular formula is C39H42O3S4. The summed E-state index contributed by atoms with van der Waals surface area (Å²) < 4.78 is 0. The van der Waals surface area contributed by atoms with Crippen LogP contribution in [0.25, 0.3) is 0 Å². The van der Waals surface area contributed by atoms with Crippen LogP contribution in [-0.4, -0.2) is 57.0 Å². The quantitative estimate of drug-likeness (QED) is 0.122. The molecule has 4 aromatic carbocycles. The molecule has 0 bridgehead atoms. The number of hydrogen-bond acceptors (Lipinski definition) is 7. The predicted octanol–water partition coefficient (Wildman–Crippen LogP) is 9.95. The van der Waals surface area contributed by atoms with Gasteiger partial charge in [-0.1, -0.05) is 121 Å². The fraction of sp³-hybridized carbons (Fsp3) is 0.308. The van der Waals surface area contributed by atoms with Crippen molar-refractivity contribution in [2.45, 2.75) is 36.3 Å². The zero-order chi connectivity index (χ0) is 32.2. The molecule has 46 heavy (non-hydrogen) atoms. The number of Topliss-reactive ketones (excluding diaryl/α,β-unsaturated/α-hetero) is 2. The van der Waals surface area contributed by atoms with E-state index in [4.69, 9.17) is 0 Å². The lowest BCUT2D eigenvalue weighted by molar-refractivity contribution is -0.109. The van der Waals surface area contributed by atoms with Crippen LogP contribution >= 0.6 is 47.0 Å². The molecule has 240 valence electrons. The summed E-state index contributed by atoms with van der Waals surface area (Å²) >= 11 is 8.16. The van der Waals surface area contributed by atoms with Gasteiger partial charge in [-0.25, -0.2) is 0 Å². The van der Waals surface area contributed by atoms with Crippen molar-refractivity contribution in [3.05, 3.63) is 144 Å². The smallest absolute Gasteiger partial charge is 0.163 e. The van der Waals surface area contributed by atoms with Crippen LogP contribution in [0.15, 0.2) is 121 Å². The maximum atomic E-state index is 12.7. The Balaban J connectivity index is 0.000000179. The van der Waals surface area contributed by atoms with E-state index in [0.717, 1.165) is 23.2 Å². The topological polar surface area (TPSA) is 51.2 Å². The van der Waals surface area contributed by atoms with E-state index < -0.39 is 0 Å². The molecule has 0 aromatic heterocycles. The van der Waals surface area contributed by atoms with E-state index in [2.05, 4.69) is 47.8 Å². The first-order valence-corrected chi connectivity index (χ1v) is 20.2. The number of benzene rings is 4. The highest BCUT2D eigenvalue weighted by Gasteiger charge is 2.28. The van der Waals surface area contributed by atoms with E-state index >= 15 is 0 Å². The molecule has 2 aliphatic heterocycles. The highest BCUT2D eigenvalue weighted by Crippen LogP contribution is 2.37. The maximum Gasteiger partial charge on any atom is 0.163 e. The van der Waals surface area contributed by atoms with Gasteiger partial charge in [0.05, 0.1) is 0 Å². The van der Waals surface area contributed by atoms with Gasteiger partial charge in [-0.05, 0) is 29.1 Å². The third-order valence-electron chi connectivity index (χ3n) is 7.66. The zero-order valence-corrected chi connectivity index (χ0v) is 29.3. The molecule has 0 N–H and O–H groups in total. The van der Waals surface area contributed by atoms with Gasteiger partial charge >= 0.3 is 0 Å². The van der Waals surface area contributed by atoms with Crippen molar-refractivity contribution in [2.75, 3.05) is 33.8 Å². The summed E-state index contributed by atoms with van der Waals surface area (Å²) in [7, 11) is 0. The van der Waals surface area contributed by atoms with Gasteiger partial charge in [-0.2, -0.15) is 47.0 Å². The van der Waals surface area contributed by atoms with Crippen molar-refractivity contribution in [1.29, 1.82) is 0 Å². The first-order chi connectivity index (χ1) is 22.7. The van der Waals surface area contributed by atoms with Gasteiger partial charge in [0.2, 0.25) is 0 Å². The van der Waals surface area contributed by atoms with Crippen LogP contribution in [-0.2, 0) is 4.79 Å². The second kappa shape index (κ2) is 21.2. The fourth-order valence-corrected chi connectivity index (χ4v) is 10.4. The Hall–Kier alpha value is -2.71. The Labute approximate surface area is 291 Å². The van der Waals surface area contributed by atoms with Crippen LogP contribution in [0.1, 0.15) is 62.9 Å². The van der Waals surface area contributed by atoms with Gasteiger partial charge in [-0.3, -0.25) is 9.59 Å². The first-order valence-electron chi connectivity index (χ1n) is 15.7. The number of aldehydes is 1. The molecule has 3 atom stereocenters. The minimum Gasteiger partial charge on any atom is -0.303 e. The van der Waals surface area contributed by atoms with Gasteiger partial charge < -0.3 is 4.79 Å². The van der Waals surface area contributed by atoms with E-state index in [1.54, 1.807) is 12.1 Å². The molecular weight excluding hydrogens is 645 g/mol. The predicted molar refractivity (Wildman–Crippen MR) is 203 cm³/mol. The average molecular weight is 687 g/mol. The van der Waals surface area contributed by atoms with Crippen LogP contribution in [0.3, 0.4) is 0 Å². The summed E-state index contributed by atoms with van der Waals surface area (Å²) in [6, 6.07) is 38.7. The van der Waals surface area contributed by atoms with Crippen molar-refractivity contribution in [2.24, 2.45) is 0 Å². The molecule has 3 nitrogen and oxygen atoms in total. The van der Waals surface area contributed by atoms with E-state index in [9.17, 15) is 14.4 Å². The van der Waals surface area contributed by atoms with Crippen molar-refractivity contribution < 1.29 is 14.4 Å². The summed E-state index contributed by atoms with van der Waals surface area (Å²) in [6.07, 6.45) is 3.09. The standard InChI is InChI=1S/C19H20OS2.C16H14O2.C4H8S2/c20-18(16-9-5-2-6-10-16)13-17(15-7-3-1-4-8-15)19-14-21-11-12-22-19;17-12-15(13-7-3-1-4-8-13)11-16(18)14-9-5-2-6-10-14;1-2-5-4-6-3-1/h1-10,17,19H,11-14H2;1-10,12,15H,11H2;1-4H2. The molecule has 2 fully saturated rings. The monoisotopic (exact) mass is 686 g/mol. The minimum absolute atomic E-state index is 0.00319. The lowest BCUT2D eigenvalue weighted by atomic mass is 9.89. The number of thioether (sulfide) groups is 4. The lowest BCUT2D eigenvalue weighted by Crippen LogP contribution is -2.25. The highest BCUT2D eigenvalue weighted by molar-refractivity contribution is 8.16. The molecule has 2 aliphatic rings. The second-order valence-corrected chi connectivity index (χ2v) is 16.0. The Morgan fingerprint density at radius 3 is 1.54 bits per heavy atom. The molecule has 2 saturated heterocycles. The van der Waals surface area contributed by atoms with Crippen molar-refractivity contribution in [3.8, 4) is 0 Å². The van der Waals surface area contributed by atoms with Crippen LogP contribution in [0, 0.1) is 0 Å². The maximum absolute atomic E-state index is 12.7. The van der Waals surface area contributed by atoms with Crippen molar-refractivity contribution in [1.82, 2.24) is 0 Å². The van der Waals surface area contributed by atoms with E-state index in [0.29, 0.717) is 23.2 Å². The summed E-state index contributed by atoms with van der Waals surface area (Å²) in [5.41, 5.74) is 3.67. The normalized spacial score (nSPS) is 17.1. The Kier molecular flexibility index (Phi) is 16.7. The summed E-state index contributed by atoms with van der Waals surface area (Å²) in [6.45, 7) is 0. The summed E-state index contributed by atoms with van der Waals surface area (Å²) in [5, 5.41) is 1.87. The molecule has 0 amide bonds. The van der Waals surface area contributed by atoms with Crippen LogP contribution < -0.4 is 0 Å². The number of hydrogen-bond donors (Lipinski definition) is 0. The number of carbonyl (C=O) groups excluding carboxylic acids is 3. The van der Waals surface area contributed by atoms with Gasteiger partial charge in [-0.15, -0.1) is 0 Å². The number of rotatable bonds is 10. The molecule has 0 spiro atoms. The lowest BCUT2D eigenvalue weighted by Gasteiger charge is -2.29. The molecule has 0 aliphatic carbocycles. The largest absolute Gasteiger partial charge is 0.303 e. The van der Waals surface area contributed by atoms with Gasteiger partial charge in [0.25, 0.3) is 0 Å². The second-order valence-electron chi connectivity index (χ2n) is 10.9. The highest BCUT2D eigenvalue weighted by atomic mass is 32.2. The van der Waals surface area contributed by atoms with E-state index in [-0.39, 0.29) is 23.9 Å². The van der Waals surface area contributed by atoms with Gasteiger partial charge in [0.1, 0.15) is 6.29 Å². The first kappa shape index (κ1) is 36.1. The van der Waals surface area contributed by atoms with Gasteiger partial charge in [0, 0.05) is 63.4 Å². The third kappa shape index (κ3) is 12.5. The molecule has 7 heteroatoms. The Morgan fingerprint density at radius 2 is 1.11 bits per heavy atom. The summed E-state index contributed by atoms with van der Waals surface area (Å²) in [4.78, 5) is 35.8. The fourth-order valence-electron chi connectivity index (χ4n) is 5.17. The zero-order valence-electron chi connectivity index (χ0n) is 26.1.